The quantitative estimate of drug-likeness (QED) is 0.782. The van der Waals surface area contributed by atoms with Crippen LogP contribution < -0.4 is 10.6 Å². The van der Waals surface area contributed by atoms with Crippen LogP contribution in [0.3, 0.4) is 0 Å². The van der Waals surface area contributed by atoms with Crippen LogP contribution >= 0.6 is 0 Å². The molecule has 3 rings (SSSR count). The van der Waals surface area contributed by atoms with Crippen LogP contribution in [-0.2, 0) is 0 Å². The molecule has 0 aromatic heterocycles. The van der Waals surface area contributed by atoms with Gasteiger partial charge in [0.25, 0.3) is 0 Å². The monoisotopic (exact) mass is 279 g/mol. The van der Waals surface area contributed by atoms with Crippen LogP contribution in [0.15, 0.2) is 0 Å². The van der Waals surface area contributed by atoms with E-state index in [1.54, 1.807) is 0 Å². The van der Waals surface area contributed by atoms with E-state index in [0.717, 1.165) is 24.0 Å². The Hall–Kier alpha value is -0.120. The fourth-order valence-corrected chi connectivity index (χ4v) is 4.75. The third-order valence-electron chi connectivity index (χ3n) is 6.00. The van der Waals surface area contributed by atoms with Crippen molar-refractivity contribution in [3.8, 4) is 0 Å². The van der Waals surface area contributed by atoms with Gasteiger partial charge in [0.1, 0.15) is 0 Å². The first-order valence-corrected chi connectivity index (χ1v) is 9.01. The average Bonchev–Trinajstić information content (AvgIpc) is 3.20. The summed E-state index contributed by atoms with van der Waals surface area (Å²) in [6, 6.07) is 2.46. The Bertz CT molecular complexity index is 282. The molecular weight excluding hydrogens is 246 g/mol. The molecule has 1 saturated heterocycles. The summed E-state index contributed by atoms with van der Waals surface area (Å²) in [4.78, 5) is 2.60. The largest absolute Gasteiger partial charge is 0.314 e. The van der Waals surface area contributed by atoms with Crippen molar-refractivity contribution in [2.45, 2.75) is 75.9 Å². The molecule has 0 aromatic rings. The van der Waals surface area contributed by atoms with E-state index in [1.165, 1.54) is 77.4 Å². The fourth-order valence-electron chi connectivity index (χ4n) is 4.75. The van der Waals surface area contributed by atoms with Gasteiger partial charge in [-0.15, -0.1) is 0 Å². The van der Waals surface area contributed by atoms with Gasteiger partial charge >= 0.3 is 0 Å². The van der Waals surface area contributed by atoms with Gasteiger partial charge in [-0.1, -0.05) is 19.3 Å². The first-order chi connectivity index (χ1) is 9.84. The smallest absolute Gasteiger partial charge is 0.0111 e. The maximum Gasteiger partial charge on any atom is 0.0111 e. The Balaban J connectivity index is 1.38. The van der Waals surface area contributed by atoms with E-state index < -0.39 is 0 Å². The molecule has 3 unspecified atom stereocenters. The highest BCUT2D eigenvalue weighted by Crippen LogP contribution is 2.31. The molecule has 3 nitrogen and oxygen atoms in total. The lowest BCUT2D eigenvalue weighted by atomic mass is 9.93. The van der Waals surface area contributed by atoms with Crippen molar-refractivity contribution in [1.29, 1.82) is 0 Å². The lowest BCUT2D eigenvalue weighted by molar-refractivity contribution is 0.234. The van der Waals surface area contributed by atoms with Gasteiger partial charge in [0.15, 0.2) is 0 Å². The van der Waals surface area contributed by atoms with E-state index in [9.17, 15) is 0 Å². The molecule has 2 saturated carbocycles. The van der Waals surface area contributed by atoms with Crippen LogP contribution in [0, 0.1) is 5.92 Å². The van der Waals surface area contributed by atoms with Gasteiger partial charge < -0.3 is 15.5 Å². The molecule has 3 heteroatoms. The second-order valence-electron chi connectivity index (χ2n) is 7.28. The third-order valence-corrected chi connectivity index (χ3v) is 6.00. The van der Waals surface area contributed by atoms with Gasteiger partial charge in [-0.05, 0) is 58.0 Å². The first-order valence-electron chi connectivity index (χ1n) is 9.01. The number of rotatable bonds is 6. The normalized spacial score (nSPS) is 35.4. The summed E-state index contributed by atoms with van der Waals surface area (Å²) in [7, 11) is 2.32. The summed E-state index contributed by atoms with van der Waals surface area (Å²) < 4.78 is 0. The number of nitrogens with zero attached hydrogens (tertiary/aromatic N) is 1. The van der Waals surface area contributed by atoms with E-state index in [4.69, 9.17) is 0 Å². The van der Waals surface area contributed by atoms with Crippen LogP contribution in [-0.4, -0.2) is 49.7 Å². The minimum Gasteiger partial charge on any atom is -0.314 e. The van der Waals surface area contributed by atoms with Crippen LogP contribution in [0.1, 0.15) is 57.8 Å². The molecule has 20 heavy (non-hydrogen) atoms. The molecule has 3 aliphatic rings. The Labute approximate surface area is 124 Å². The Kier molecular flexibility index (Phi) is 5.36. The predicted molar refractivity (Wildman–Crippen MR) is 85.0 cm³/mol. The summed E-state index contributed by atoms with van der Waals surface area (Å²) >= 11 is 0. The zero-order valence-corrected chi connectivity index (χ0v) is 13.2. The number of likely N-dealkylation sites (N-methyl/N-ethyl adjacent to an activating group) is 1. The van der Waals surface area contributed by atoms with Crippen LogP contribution in [0.25, 0.3) is 0 Å². The molecule has 116 valence electrons. The standard InChI is InChI=1S/C17H33N3/c1-20(14-6-2-3-7-14)13-12-19-16-9-4-8-15(16)17-10-5-11-18-17/h14-19H,2-13H2,1H3. The van der Waals surface area contributed by atoms with Crippen molar-refractivity contribution in [2.75, 3.05) is 26.7 Å². The highest BCUT2D eigenvalue weighted by molar-refractivity contribution is 4.93. The molecule has 0 bridgehead atoms. The minimum atomic E-state index is 0.780. The van der Waals surface area contributed by atoms with Crippen molar-refractivity contribution >= 4 is 0 Å². The van der Waals surface area contributed by atoms with Gasteiger partial charge in [0, 0.05) is 31.2 Å². The minimum absolute atomic E-state index is 0.780. The molecule has 0 spiro atoms. The molecule has 1 heterocycles. The van der Waals surface area contributed by atoms with Gasteiger partial charge in [-0.3, -0.25) is 0 Å². The molecule has 0 aromatic carbocycles. The lowest BCUT2D eigenvalue weighted by Gasteiger charge is -2.29. The number of hydrogen-bond donors (Lipinski definition) is 2. The Morgan fingerprint density at radius 2 is 1.85 bits per heavy atom. The van der Waals surface area contributed by atoms with Gasteiger partial charge in [0.2, 0.25) is 0 Å². The van der Waals surface area contributed by atoms with E-state index >= 15 is 0 Å². The number of nitrogens with one attached hydrogen (secondary N) is 2. The first kappa shape index (κ1) is 14.8. The molecule has 0 amide bonds. The highest BCUT2D eigenvalue weighted by atomic mass is 15.1. The van der Waals surface area contributed by atoms with Crippen LogP contribution in [0.4, 0.5) is 0 Å². The maximum atomic E-state index is 3.88. The predicted octanol–water partition coefficient (Wildman–Crippen LogP) is 2.37. The molecule has 0 radical (unpaired) electrons. The molecule has 3 atom stereocenters. The lowest BCUT2D eigenvalue weighted by Crippen LogP contribution is -2.45. The summed E-state index contributed by atoms with van der Waals surface area (Å²) in [6.07, 6.45) is 12.8. The molecule has 3 fully saturated rings. The van der Waals surface area contributed by atoms with E-state index in [0.29, 0.717) is 0 Å². The fraction of sp³-hybridized carbons (Fsp3) is 1.00. The van der Waals surface area contributed by atoms with Crippen molar-refractivity contribution in [3.05, 3.63) is 0 Å². The van der Waals surface area contributed by atoms with Gasteiger partial charge in [-0.25, -0.2) is 0 Å². The Morgan fingerprint density at radius 3 is 2.60 bits per heavy atom. The zero-order chi connectivity index (χ0) is 13.8. The van der Waals surface area contributed by atoms with E-state index in [-0.39, 0.29) is 0 Å². The molecule has 2 aliphatic carbocycles. The molecular formula is C17H33N3. The zero-order valence-electron chi connectivity index (χ0n) is 13.2. The SMILES string of the molecule is CN(CCNC1CCCC1C1CCCN1)C1CCCC1. The second-order valence-corrected chi connectivity index (χ2v) is 7.28. The van der Waals surface area contributed by atoms with Gasteiger partial charge in [-0.2, -0.15) is 0 Å². The van der Waals surface area contributed by atoms with E-state index in [2.05, 4.69) is 22.6 Å². The summed E-state index contributed by atoms with van der Waals surface area (Å²) in [5.41, 5.74) is 0. The number of hydrogen-bond acceptors (Lipinski definition) is 3. The van der Waals surface area contributed by atoms with E-state index in [1.807, 2.05) is 0 Å². The van der Waals surface area contributed by atoms with Crippen molar-refractivity contribution in [3.63, 3.8) is 0 Å². The summed E-state index contributed by atoms with van der Waals surface area (Å²) in [5.74, 6) is 0.897. The summed E-state index contributed by atoms with van der Waals surface area (Å²) in [5, 5.41) is 7.60. The van der Waals surface area contributed by atoms with Gasteiger partial charge in [0.05, 0.1) is 0 Å². The van der Waals surface area contributed by atoms with Crippen molar-refractivity contribution in [1.82, 2.24) is 15.5 Å². The third kappa shape index (κ3) is 3.55. The van der Waals surface area contributed by atoms with Crippen molar-refractivity contribution < 1.29 is 0 Å². The second kappa shape index (κ2) is 7.24. The topological polar surface area (TPSA) is 27.3 Å². The average molecular weight is 279 g/mol. The van der Waals surface area contributed by atoms with Crippen LogP contribution in [0.2, 0.25) is 0 Å². The van der Waals surface area contributed by atoms with Crippen molar-refractivity contribution in [2.24, 2.45) is 5.92 Å². The molecule has 1 aliphatic heterocycles. The maximum absolute atomic E-state index is 3.88. The Morgan fingerprint density at radius 1 is 1.00 bits per heavy atom. The molecule has 2 N–H and O–H groups in total. The highest BCUT2D eigenvalue weighted by Gasteiger charge is 2.34. The summed E-state index contributed by atoms with van der Waals surface area (Å²) in [6.45, 7) is 3.66. The van der Waals surface area contributed by atoms with Crippen LogP contribution in [0.5, 0.6) is 0 Å².